The van der Waals surface area contributed by atoms with Crippen molar-refractivity contribution < 1.29 is 28.6 Å². The summed E-state index contributed by atoms with van der Waals surface area (Å²) in [6, 6.07) is -0.631. The van der Waals surface area contributed by atoms with Crippen LogP contribution in [-0.4, -0.2) is 48.9 Å². The van der Waals surface area contributed by atoms with E-state index < -0.39 is 41.7 Å². The number of esters is 2. The normalized spacial score (nSPS) is 26.9. The second-order valence-electron chi connectivity index (χ2n) is 8.58. The Morgan fingerprint density at radius 3 is 2.29 bits per heavy atom. The van der Waals surface area contributed by atoms with Crippen molar-refractivity contribution in [1.29, 1.82) is 0 Å². The van der Waals surface area contributed by atoms with Crippen LogP contribution in [-0.2, 0) is 23.8 Å². The molecule has 1 saturated carbocycles. The SMILES string of the molecule is CCCC(C(C)N)C1C(NC(=O)OC(C)(C)C)C[C@H](C(=O)OC)C1OC(C)=O. The molecule has 1 rings (SSSR count). The highest BCUT2D eigenvalue weighted by Crippen LogP contribution is 2.42. The minimum absolute atomic E-state index is 0.0519. The molecule has 0 saturated heterocycles. The van der Waals surface area contributed by atoms with E-state index >= 15 is 0 Å². The number of hydrogen-bond acceptors (Lipinski definition) is 7. The summed E-state index contributed by atoms with van der Waals surface area (Å²) >= 11 is 0. The number of rotatable bonds is 7. The van der Waals surface area contributed by atoms with E-state index in [9.17, 15) is 14.4 Å². The summed E-state index contributed by atoms with van der Waals surface area (Å²) in [5.74, 6) is -1.99. The molecule has 0 aromatic rings. The van der Waals surface area contributed by atoms with Crippen molar-refractivity contribution in [1.82, 2.24) is 5.32 Å². The van der Waals surface area contributed by atoms with Gasteiger partial charge in [0, 0.05) is 24.9 Å². The largest absolute Gasteiger partial charge is 0.469 e. The minimum Gasteiger partial charge on any atom is -0.469 e. The van der Waals surface area contributed by atoms with Crippen molar-refractivity contribution in [3.8, 4) is 0 Å². The second kappa shape index (κ2) is 10.1. The lowest BCUT2D eigenvalue weighted by atomic mass is 9.78. The number of amides is 1. The van der Waals surface area contributed by atoms with E-state index in [0.717, 1.165) is 12.8 Å². The minimum atomic E-state index is -0.715. The molecule has 3 N–H and O–H groups in total. The average molecular weight is 401 g/mol. The Balaban J connectivity index is 3.25. The number of alkyl carbamates (subject to hydrolysis) is 1. The van der Waals surface area contributed by atoms with Crippen LogP contribution in [0.3, 0.4) is 0 Å². The molecule has 162 valence electrons. The Morgan fingerprint density at radius 2 is 1.86 bits per heavy atom. The zero-order valence-electron chi connectivity index (χ0n) is 18.1. The fourth-order valence-electron chi connectivity index (χ4n) is 4.09. The van der Waals surface area contributed by atoms with Crippen molar-refractivity contribution in [2.75, 3.05) is 7.11 Å². The van der Waals surface area contributed by atoms with Crippen molar-refractivity contribution >= 4 is 18.0 Å². The molecule has 0 heterocycles. The van der Waals surface area contributed by atoms with Crippen molar-refractivity contribution in [2.45, 2.75) is 84.6 Å². The predicted octanol–water partition coefficient (Wildman–Crippen LogP) is 2.38. The lowest BCUT2D eigenvalue weighted by Gasteiger charge is -2.35. The maximum absolute atomic E-state index is 12.4. The number of carbonyl (C=O) groups excluding carboxylic acids is 3. The molecule has 0 bridgehead atoms. The average Bonchev–Trinajstić information content (AvgIpc) is 2.86. The first kappa shape index (κ1) is 24.2. The molecule has 0 radical (unpaired) electrons. The van der Waals surface area contributed by atoms with Gasteiger partial charge in [-0.25, -0.2) is 4.79 Å². The molecule has 0 spiro atoms. The van der Waals surface area contributed by atoms with Gasteiger partial charge in [0.1, 0.15) is 11.7 Å². The van der Waals surface area contributed by atoms with Gasteiger partial charge in [-0.15, -0.1) is 0 Å². The smallest absolute Gasteiger partial charge is 0.407 e. The fourth-order valence-corrected chi connectivity index (χ4v) is 4.09. The third-order valence-electron chi connectivity index (χ3n) is 5.05. The first-order valence-corrected chi connectivity index (χ1v) is 9.91. The van der Waals surface area contributed by atoms with Gasteiger partial charge in [0.05, 0.1) is 13.0 Å². The topological polar surface area (TPSA) is 117 Å². The van der Waals surface area contributed by atoms with Gasteiger partial charge in [-0.05, 0) is 46.5 Å². The van der Waals surface area contributed by atoms with Gasteiger partial charge in [-0.2, -0.15) is 0 Å². The number of carbonyl (C=O) groups is 3. The molecule has 0 aromatic carbocycles. The molecule has 28 heavy (non-hydrogen) atoms. The number of methoxy groups -OCH3 is 1. The van der Waals surface area contributed by atoms with Gasteiger partial charge in [0.2, 0.25) is 0 Å². The molecule has 1 fully saturated rings. The predicted molar refractivity (Wildman–Crippen MR) is 104 cm³/mol. The molecular formula is C20H36N2O6. The van der Waals surface area contributed by atoms with E-state index in [0.29, 0.717) is 6.42 Å². The standard InChI is InChI=1S/C20H36N2O6/c1-8-9-13(11(2)21)16-15(22-19(25)28-20(4,5)6)10-14(18(24)26-7)17(16)27-12(3)23/h11,13-17H,8-10,21H2,1-7H3,(H,22,25)/t11?,13?,14-,15?,16?,17?/m0/s1. The maximum Gasteiger partial charge on any atom is 0.407 e. The van der Waals surface area contributed by atoms with Gasteiger partial charge < -0.3 is 25.3 Å². The summed E-state index contributed by atoms with van der Waals surface area (Å²) < 4.78 is 15.9. The van der Waals surface area contributed by atoms with Gasteiger partial charge in [-0.3, -0.25) is 9.59 Å². The van der Waals surface area contributed by atoms with E-state index in [2.05, 4.69) is 5.32 Å². The van der Waals surface area contributed by atoms with E-state index in [1.807, 2.05) is 13.8 Å². The molecule has 0 aliphatic heterocycles. The highest BCUT2D eigenvalue weighted by atomic mass is 16.6. The molecule has 8 heteroatoms. The van der Waals surface area contributed by atoms with Crippen LogP contribution < -0.4 is 11.1 Å². The molecule has 1 amide bonds. The zero-order valence-corrected chi connectivity index (χ0v) is 18.1. The number of nitrogens with two attached hydrogens (primary N) is 1. The van der Waals surface area contributed by atoms with Crippen LogP contribution in [0.25, 0.3) is 0 Å². The van der Waals surface area contributed by atoms with Crippen LogP contribution in [0.2, 0.25) is 0 Å². The van der Waals surface area contributed by atoms with Crippen LogP contribution >= 0.6 is 0 Å². The van der Waals surface area contributed by atoms with Gasteiger partial charge in [0.15, 0.2) is 0 Å². The van der Waals surface area contributed by atoms with E-state index in [1.54, 1.807) is 20.8 Å². The lowest BCUT2D eigenvalue weighted by molar-refractivity contribution is -0.160. The summed E-state index contributed by atoms with van der Waals surface area (Å²) in [4.78, 5) is 36.5. The molecule has 0 aromatic heterocycles. The van der Waals surface area contributed by atoms with Crippen LogP contribution in [0.1, 0.15) is 60.8 Å². The Kier molecular flexibility index (Phi) is 8.73. The first-order valence-electron chi connectivity index (χ1n) is 9.91. The molecule has 6 atom stereocenters. The number of ether oxygens (including phenoxy) is 3. The Bertz CT molecular complexity index is 557. The van der Waals surface area contributed by atoms with Gasteiger partial charge >= 0.3 is 18.0 Å². The summed E-state index contributed by atoms with van der Waals surface area (Å²) in [6.07, 6.45) is 0.654. The van der Waals surface area contributed by atoms with E-state index in [4.69, 9.17) is 19.9 Å². The summed E-state index contributed by atoms with van der Waals surface area (Å²) in [6.45, 7) is 10.6. The monoisotopic (exact) mass is 400 g/mol. The van der Waals surface area contributed by atoms with Crippen LogP contribution in [0.4, 0.5) is 4.79 Å². The highest BCUT2D eigenvalue weighted by Gasteiger charge is 2.53. The van der Waals surface area contributed by atoms with E-state index in [-0.39, 0.29) is 17.9 Å². The quantitative estimate of drug-likeness (QED) is 0.498. The zero-order chi connectivity index (χ0) is 21.6. The van der Waals surface area contributed by atoms with Crippen LogP contribution in [0.15, 0.2) is 0 Å². The Labute approximate surface area is 167 Å². The third kappa shape index (κ3) is 6.65. The molecule has 8 nitrogen and oxygen atoms in total. The van der Waals surface area contributed by atoms with Gasteiger partial charge in [0.25, 0.3) is 0 Å². The summed E-state index contributed by atoms with van der Waals surface area (Å²) in [5, 5.41) is 2.88. The Morgan fingerprint density at radius 1 is 1.25 bits per heavy atom. The van der Waals surface area contributed by atoms with Crippen molar-refractivity contribution in [2.24, 2.45) is 23.5 Å². The summed E-state index contributed by atoms with van der Waals surface area (Å²) in [5.41, 5.74) is 5.59. The van der Waals surface area contributed by atoms with E-state index in [1.165, 1.54) is 14.0 Å². The maximum atomic E-state index is 12.4. The molecule has 1 aliphatic rings. The fraction of sp³-hybridized carbons (Fsp3) is 0.850. The van der Waals surface area contributed by atoms with Crippen LogP contribution in [0.5, 0.6) is 0 Å². The molecule has 1 aliphatic carbocycles. The third-order valence-corrected chi connectivity index (χ3v) is 5.05. The lowest BCUT2D eigenvalue weighted by Crippen LogP contribution is -2.49. The van der Waals surface area contributed by atoms with Crippen molar-refractivity contribution in [3.63, 3.8) is 0 Å². The van der Waals surface area contributed by atoms with Crippen molar-refractivity contribution in [3.05, 3.63) is 0 Å². The second-order valence-corrected chi connectivity index (χ2v) is 8.58. The van der Waals surface area contributed by atoms with Crippen LogP contribution in [0, 0.1) is 17.8 Å². The number of nitrogens with one attached hydrogen (secondary N) is 1. The first-order chi connectivity index (χ1) is 12.9. The molecule has 5 unspecified atom stereocenters. The Hall–Kier alpha value is -1.83. The summed E-state index contributed by atoms with van der Waals surface area (Å²) in [7, 11) is 1.30. The molecular weight excluding hydrogens is 364 g/mol. The highest BCUT2D eigenvalue weighted by molar-refractivity contribution is 5.75. The number of hydrogen-bond donors (Lipinski definition) is 2. The van der Waals surface area contributed by atoms with Gasteiger partial charge in [-0.1, -0.05) is 13.3 Å².